The van der Waals surface area contributed by atoms with Crippen molar-refractivity contribution in [3.8, 4) is 5.75 Å². The van der Waals surface area contributed by atoms with Crippen molar-refractivity contribution in [2.45, 2.75) is 18.7 Å². The second-order valence-corrected chi connectivity index (χ2v) is 11.1. The summed E-state index contributed by atoms with van der Waals surface area (Å²) in [5, 5.41) is 7.75. The lowest BCUT2D eigenvalue weighted by atomic mass is 10.1. The Morgan fingerprint density at radius 3 is 2.50 bits per heavy atom. The van der Waals surface area contributed by atoms with Gasteiger partial charge in [-0.1, -0.05) is 27.5 Å². The number of carbonyl (C=O) groups is 2. The average molecular weight is 558 g/mol. The van der Waals surface area contributed by atoms with Crippen molar-refractivity contribution < 1.29 is 22.7 Å². The predicted molar refractivity (Wildman–Crippen MR) is 128 cm³/mol. The third-order valence-electron chi connectivity index (χ3n) is 4.34. The van der Waals surface area contributed by atoms with Gasteiger partial charge in [0.15, 0.2) is 6.61 Å². The summed E-state index contributed by atoms with van der Waals surface area (Å²) in [4.78, 5) is 25.6. The average Bonchev–Trinajstić information content (AvgIpc) is 3.06. The number of sulfonamides is 1. The van der Waals surface area contributed by atoms with Crippen molar-refractivity contribution in [2.75, 3.05) is 11.9 Å². The van der Waals surface area contributed by atoms with Crippen LogP contribution in [-0.4, -0.2) is 26.7 Å². The Balaban J connectivity index is 1.73. The lowest BCUT2D eigenvalue weighted by molar-refractivity contribution is -0.118. The first kappa shape index (κ1) is 24.4. The van der Waals surface area contributed by atoms with Crippen LogP contribution in [0.4, 0.5) is 5.69 Å². The zero-order valence-corrected chi connectivity index (χ0v) is 20.9. The van der Waals surface area contributed by atoms with E-state index in [2.05, 4.69) is 21.2 Å². The summed E-state index contributed by atoms with van der Waals surface area (Å²) in [6.45, 7) is 3.14. The number of primary sulfonamides is 1. The molecule has 3 N–H and O–H groups in total. The molecule has 0 fully saturated rings. The molecule has 7 nitrogen and oxygen atoms in total. The Labute approximate surface area is 202 Å². The van der Waals surface area contributed by atoms with E-state index in [4.69, 9.17) is 21.5 Å². The van der Waals surface area contributed by atoms with E-state index in [0.717, 1.165) is 21.4 Å². The number of amides is 1. The molecule has 0 aliphatic heterocycles. The first-order valence-corrected chi connectivity index (χ1v) is 12.6. The van der Waals surface area contributed by atoms with Crippen LogP contribution in [0.1, 0.15) is 26.4 Å². The van der Waals surface area contributed by atoms with Crippen LogP contribution in [0, 0.1) is 13.8 Å². The number of hydrogen-bond acceptors (Lipinski definition) is 6. The maximum absolute atomic E-state index is 13.0. The topological polar surface area (TPSA) is 116 Å². The molecule has 11 heteroatoms. The molecule has 0 saturated heterocycles. The zero-order chi connectivity index (χ0) is 23.6. The molecule has 0 aliphatic carbocycles. The number of hydrogen-bond donors (Lipinski definition) is 2. The Hall–Kier alpha value is -2.24. The predicted octanol–water partition coefficient (Wildman–Crippen LogP) is 4.68. The van der Waals surface area contributed by atoms with Gasteiger partial charge >= 0.3 is 0 Å². The Kier molecular flexibility index (Phi) is 7.41. The van der Waals surface area contributed by atoms with Crippen LogP contribution < -0.4 is 15.2 Å². The van der Waals surface area contributed by atoms with Gasteiger partial charge in [0.05, 0.1) is 9.23 Å². The van der Waals surface area contributed by atoms with E-state index in [1.54, 1.807) is 19.1 Å². The Bertz CT molecular complexity index is 1300. The summed E-state index contributed by atoms with van der Waals surface area (Å²) in [5.41, 5.74) is 2.31. The Morgan fingerprint density at radius 1 is 1.16 bits per heavy atom. The second-order valence-electron chi connectivity index (χ2n) is 6.95. The first-order chi connectivity index (χ1) is 14.9. The summed E-state index contributed by atoms with van der Waals surface area (Å²) in [7, 11) is -3.84. The minimum atomic E-state index is -3.84. The van der Waals surface area contributed by atoms with E-state index in [1.165, 1.54) is 24.3 Å². The summed E-state index contributed by atoms with van der Waals surface area (Å²) < 4.78 is 29.6. The van der Waals surface area contributed by atoms with E-state index in [9.17, 15) is 18.0 Å². The molecule has 0 unspecified atom stereocenters. The van der Waals surface area contributed by atoms with Gasteiger partial charge in [0.25, 0.3) is 5.91 Å². The van der Waals surface area contributed by atoms with Crippen molar-refractivity contribution in [1.82, 2.24) is 0 Å². The van der Waals surface area contributed by atoms with Crippen LogP contribution in [0.25, 0.3) is 0 Å². The van der Waals surface area contributed by atoms with Crippen molar-refractivity contribution in [2.24, 2.45) is 5.14 Å². The largest absolute Gasteiger partial charge is 0.482 e. The number of ketones is 1. The molecule has 0 spiro atoms. The van der Waals surface area contributed by atoms with Gasteiger partial charge < -0.3 is 10.1 Å². The van der Waals surface area contributed by atoms with Crippen LogP contribution in [0.2, 0.25) is 4.34 Å². The maximum Gasteiger partial charge on any atom is 0.262 e. The number of thiophene rings is 1. The number of anilines is 1. The standard InChI is InChI=1S/C21H18BrClN2O5S2/c1-11-5-13(8-14(22)6-11)20(27)21-17(9-18(23)31-21)30-10-19(26)25-16-4-3-15(7-12(16)2)32(24,28)29/h3-9H,10H2,1-2H3,(H,25,26)(H2,24,28,29). The van der Waals surface area contributed by atoms with Gasteiger partial charge in [0, 0.05) is 21.8 Å². The van der Waals surface area contributed by atoms with Gasteiger partial charge in [-0.15, -0.1) is 11.3 Å². The normalized spacial score (nSPS) is 11.3. The molecular formula is C21H18BrClN2O5S2. The number of carbonyl (C=O) groups excluding carboxylic acids is 2. The van der Waals surface area contributed by atoms with Crippen molar-refractivity contribution in [3.05, 3.63) is 72.8 Å². The monoisotopic (exact) mass is 556 g/mol. The number of ether oxygens (including phenoxy) is 1. The van der Waals surface area contributed by atoms with E-state index in [0.29, 0.717) is 21.2 Å². The van der Waals surface area contributed by atoms with Crippen molar-refractivity contribution in [1.29, 1.82) is 0 Å². The van der Waals surface area contributed by atoms with Crippen molar-refractivity contribution in [3.63, 3.8) is 0 Å². The first-order valence-electron chi connectivity index (χ1n) is 9.11. The third kappa shape index (κ3) is 5.96. The molecule has 168 valence electrons. The SMILES string of the molecule is Cc1cc(Br)cc(C(=O)c2sc(Cl)cc2OCC(=O)Nc2ccc(S(N)(=O)=O)cc2C)c1. The summed E-state index contributed by atoms with van der Waals surface area (Å²) in [6, 6.07) is 10.9. The minimum absolute atomic E-state index is 0.0527. The quantitative estimate of drug-likeness (QED) is 0.409. The molecular weight excluding hydrogens is 540 g/mol. The van der Waals surface area contributed by atoms with Gasteiger partial charge in [-0.2, -0.15) is 0 Å². The van der Waals surface area contributed by atoms with Crippen LogP contribution in [0.3, 0.4) is 0 Å². The van der Waals surface area contributed by atoms with E-state index in [1.807, 2.05) is 13.0 Å². The van der Waals surface area contributed by atoms with E-state index < -0.39 is 15.9 Å². The Morgan fingerprint density at radius 2 is 1.88 bits per heavy atom. The molecule has 1 amide bonds. The van der Waals surface area contributed by atoms with Gasteiger partial charge in [-0.3, -0.25) is 9.59 Å². The smallest absolute Gasteiger partial charge is 0.262 e. The zero-order valence-electron chi connectivity index (χ0n) is 16.9. The number of benzene rings is 2. The highest BCUT2D eigenvalue weighted by Crippen LogP contribution is 2.35. The molecule has 1 aromatic heterocycles. The molecule has 0 radical (unpaired) electrons. The van der Waals surface area contributed by atoms with Crippen LogP contribution in [-0.2, 0) is 14.8 Å². The summed E-state index contributed by atoms with van der Waals surface area (Å²) in [5.74, 6) is -0.550. The maximum atomic E-state index is 13.0. The van der Waals surface area contributed by atoms with Crippen LogP contribution in [0.15, 0.2) is 51.8 Å². The third-order valence-corrected chi connectivity index (χ3v) is 6.95. The van der Waals surface area contributed by atoms with E-state index >= 15 is 0 Å². The lowest BCUT2D eigenvalue weighted by Gasteiger charge is -2.11. The summed E-state index contributed by atoms with van der Waals surface area (Å²) >= 11 is 10.5. The summed E-state index contributed by atoms with van der Waals surface area (Å²) in [6.07, 6.45) is 0. The molecule has 1 heterocycles. The highest BCUT2D eigenvalue weighted by molar-refractivity contribution is 9.10. The number of nitrogens with one attached hydrogen (secondary N) is 1. The van der Waals surface area contributed by atoms with Gasteiger partial charge in [-0.05, 0) is 61.4 Å². The van der Waals surface area contributed by atoms with E-state index in [-0.39, 0.29) is 27.9 Å². The second kappa shape index (κ2) is 9.72. The highest BCUT2D eigenvalue weighted by atomic mass is 79.9. The number of halogens is 2. The number of rotatable bonds is 7. The molecule has 2 aromatic carbocycles. The lowest BCUT2D eigenvalue weighted by Crippen LogP contribution is -2.21. The van der Waals surface area contributed by atoms with Gasteiger partial charge in [0.1, 0.15) is 10.6 Å². The molecule has 0 bridgehead atoms. The van der Waals surface area contributed by atoms with Crippen LogP contribution >= 0.6 is 38.9 Å². The minimum Gasteiger partial charge on any atom is -0.482 e. The molecule has 0 atom stereocenters. The highest BCUT2D eigenvalue weighted by Gasteiger charge is 2.20. The molecule has 32 heavy (non-hydrogen) atoms. The van der Waals surface area contributed by atoms with Crippen LogP contribution in [0.5, 0.6) is 5.75 Å². The molecule has 0 saturated carbocycles. The number of nitrogens with two attached hydrogens (primary N) is 1. The van der Waals surface area contributed by atoms with Gasteiger partial charge in [0.2, 0.25) is 15.8 Å². The fraction of sp³-hybridized carbons (Fsp3) is 0.143. The molecule has 3 aromatic rings. The number of aryl methyl sites for hydroxylation is 2. The van der Waals surface area contributed by atoms with Crippen molar-refractivity contribution >= 4 is 66.3 Å². The molecule has 0 aliphatic rings. The fourth-order valence-electron chi connectivity index (χ4n) is 2.89. The fourth-order valence-corrected chi connectivity index (χ4v) is 5.22. The van der Waals surface area contributed by atoms with Gasteiger partial charge in [-0.25, -0.2) is 13.6 Å². The molecule has 3 rings (SSSR count).